The van der Waals surface area contributed by atoms with Crippen molar-refractivity contribution >= 4 is 5.78 Å². The van der Waals surface area contributed by atoms with E-state index in [1.807, 2.05) is 0 Å². The third kappa shape index (κ3) is 3.71. The predicted molar refractivity (Wildman–Crippen MR) is 124 cm³/mol. The zero-order chi connectivity index (χ0) is 21.7. The minimum atomic E-state index is -0.129. The maximum atomic E-state index is 12.8. The molecule has 4 aliphatic carbocycles. The highest BCUT2D eigenvalue weighted by Crippen LogP contribution is 2.68. The summed E-state index contributed by atoms with van der Waals surface area (Å²) in [6.07, 6.45) is 14.3. The van der Waals surface area contributed by atoms with Crippen LogP contribution in [0.3, 0.4) is 0 Å². The Hall–Kier alpha value is -0.370. The minimum Gasteiger partial charge on any atom is -0.374 e. The Morgan fingerprint density at radius 2 is 1.70 bits per heavy atom. The van der Waals surface area contributed by atoms with Crippen LogP contribution in [0.4, 0.5) is 0 Å². The van der Waals surface area contributed by atoms with Gasteiger partial charge in [0.25, 0.3) is 0 Å². The molecule has 2 nitrogen and oxygen atoms in total. The molecule has 0 saturated heterocycles. The van der Waals surface area contributed by atoms with Gasteiger partial charge in [0, 0.05) is 13.5 Å². The summed E-state index contributed by atoms with van der Waals surface area (Å²) in [7, 11) is 1.73. The van der Waals surface area contributed by atoms with Crippen molar-refractivity contribution < 1.29 is 9.53 Å². The van der Waals surface area contributed by atoms with Gasteiger partial charge in [0.2, 0.25) is 0 Å². The summed E-state index contributed by atoms with van der Waals surface area (Å²) in [4.78, 5) is 12.8. The fourth-order valence-corrected chi connectivity index (χ4v) is 9.33. The van der Waals surface area contributed by atoms with Gasteiger partial charge < -0.3 is 4.74 Å². The Bertz CT molecular complexity index is 626. The van der Waals surface area contributed by atoms with E-state index in [1.54, 1.807) is 7.11 Å². The van der Waals surface area contributed by atoms with Gasteiger partial charge in [-0.05, 0) is 97.2 Å². The molecule has 4 aliphatic rings. The lowest BCUT2D eigenvalue weighted by atomic mass is 9.44. The van der Waals surface area contributed by atoms with E-state index in [-0.39, 0.29) is 11.5 Å². The predicted octanol–water partition coefficient (Wildman–Crippen LogP) is 7.30. The average Bonchev–Trinajstić information content (AvgIpc) is 3.04. The maximum absolute atomic E-state index is 12.8. The van der Waals surface area contributed by atoms with Gasteiger partial charge in [-0.3, -0.25) is 4.79 Å². The molecule has 0 aliphatic heterocycles. The van der Waals surface area contributed by atoms with Gasteiger partial charge >= 0.3 is 0 Å². The lowest BCUT2D eigenvalue weighted by Crippen LogP contribution is -2.56. The fraction of sp³-hybridized carbons (Fsp3) is 0.964. The molecule has 30 heavy (non-hydrogen) atoms. The molecule has 0 aromatic heterocycles. The van der Waals surface area contributed by atoms with Gasteiger partial charge in [-0.1, -0.05) is 53.9 Å². The van der Waals surface area contributed by atoms with E-state index in [0.717, 1.165) is 48.3 Å². The van der Waals surface area contributed by atoms with E-state index < -0.39 is 0 Å². The second kappa shape index (κ2) is 8.53. The summed E-state index contributed by atoms with van der Waals surface area (Å²) in [5, 5.41) is 0. The lowest BCUT2D eigenvalue weighted by Gasteiger charge is -2.61. The number of methoxy groups -OCH3 is 1. The summed E-state index contributed by atoms with van der Waals surface area (Å²) in [6, 6.07) is 0. The first kappa shape index (κ1) is 22.8. The van der Waals surface area contributed by atoms with Gasteiger partial charge in [0.1, 0.15) is 6.10 Å². The number of ether oxygens (including phenoxy) is 1. The van der Waals surface area contributed by atoms with Crippen molar-refractivity contribution in [2.45, 2.75) is 111 Å². The van der Waals surface area contributed by atoms with Crippen molar-refractivity contribution in [3.63, 3.8) is 0 Å². The molecular weight excluding hydrogens is 368 g/mol. The average molecular weight is 417 g/mol. The molecular formula is C28H48O2. The first-order valence-electron chi connectivity index (χ1n) is 13.3. The highest BCUT2D eigenvalue weighted by molar-refractivity contribution is 5.84. The third-order valence-electron chi connectivity index (χ3n) is 11.0. The Balaban J connectivity index is 1.48. The molecule has 0 bridgehead atoms. The number of hydrogen-bond donors (Lipinski definition) is 0. The molecule has 9 unspecified atom stereocenters. The molecule has 9 atom stereocenters. The monoisotopic (exact) mass is 416 g/mol. The van der Waals surface area contributed by atoms with Crippen LogP contribution < -0.4 is 0 Å². The molecule has 172 valence electrons. The third-order valence-corrected chi connectivity index (χ3v) is 11.0. The molecule has 0 N–H and O–H groups in total. The van der Waals surface area contributed by atoms with Crippen molar-refractivity contribution in [3.8, 4) is 0 Å². The molecule has 0 radical (unpaired) electrons. The molecule has 0 aromatic rings. The van der Waals surface area contributed by atoms with Gasteiger partial charge in [-0.15, -0.1) is 0 Å². The maximum Gasteiger partial charge on any atom is 0.162 e. The van der Waals surface area contributed by atoms with Gasteiger partial charge in [-0.25, -0.2) is 0 Å². The molecule has 0 aromatic carbocycles. The minimum absolute atomic E-state index is 0.129. The van der Waals surface area contributed by atoms with Crippen LogP contribution in [0.25, 0.3) is 0 Å². The van der Waals surface area contributed by atoms with Crippen LogP contribution in [0.2, 0.25) is 0 Å². The SMILES string of the molecule is COC1CC2CCC3C(CCC4(C)C(C(C)CCCC(C)C)CCC34)C2(C)CC1=O. The summed E-state index contributed by atoms with van der Waals surface area (Å²) < 4.78 is 5.56. The summed E-state index contributed by atoms with van der Waals surface area (Å²) in [5.74, 6) is 6.25. The van der Waals surface area contributed by atoms with E-state index in [9.17, 15) is 4.79 Å². The van der Waals surface area contributed by atoms with Gasteiger partial charge in [0.15, 0.2) is 5.78 Å². The number of ketones is 1. The van der Waals surface area contributed by atoms with Crippen LogP contribution in [-0.4, -0.2) is 19.0 Å². The Kier molecular flexibility index (Phi) is 6.48. The molecule has 4 fully saturated rings. The van der Waals surface area contributed by atoms with E-state index in [2.05, 4.69) is 34.6 Å². The first-order chi connectivity index (χ1) is 14.2. The normalized spacial score (nSPS) is 47.0. The van der Waals surface area contributed by atoms with Gasteiger partial charge in [0.05, 0.1) is 0 Å². The number of rotatable bonds is 6. The van der Waals surface area contributed by atoms with Crippen molar-refractivity contribution in [2.24, 2.45) is 52.3 Å². The molecule has 4 rings (SSSR count). The Morgan fingerprint density at radius 1 is 0.967 bits per heavy atom. The topological polar surface area (TPSA) is 26.3 Å². The highest BCUT2D eigenvalue weighted by Gasteiger charge is 2.61. The zero-order valence-electron chi connectivity index (χ0n) is 20.7. The number of carbonyl (C=O) groups excluding carboxylic acids is 1. The largest absolute Gasteiger partial charge is 0.374 e. The van der Waals surface area contributed by atoms with E-state index in [4.69, 9.17) is 4.74 Å². The van der Waals surface area contributed by atoms with E-state index >= 15 is 0 Å². The van der Waals surface area contributed by atoms with E-state index in [0.29, 0.717) is 17.1 Å². The van der Waals surface area contributed by atoms with Crippen molar-refractivity contribution in [1.29, 1.82) is 0 Å². The van der Waals surface area contributed by atoms with E-state index in [1.165, 1.54) is 57.8 Å². The number of Topliss-reactive ketones (excluding diaryl/α,β-unsaturated/α-hetero) is 1. The van der Waals surface area contributed by atoms with Crippen molar-refractivity contribution in [1.82, 2.24) is 0 Å². The van der Waals surface area contributed by atoms with Crippen LogP contribution >= 0.6 is 0 Å². The summed E-state index contributed by atoms with van der Waals surface area (Å²) in [6.45, 7) is 12.4. The highest BCUT2D eigenvalue weighted by atomic mass is 16.5. The molecule has 0 amide bonds. The Morgan fingerprint density at radius 3 is 2.40 bits per heavy atom. The number of hydrogen-bond acceptors (Lipinski definition) is 2. The molecule has 2 heteroatoms. The second-order valence-corrected chi connectivity index (χ2v) is 12.8. The summed E-state index contributed by atoms with van der Waals surface area (Å²) >= 11 is 0. The van der Waals surface area contributed by atoms with Crippen LogP contribution in [-0.2, 0) is 9.53 Å². The fourth-order valence-electron chi connectivity index (χ4n) is 9.33. The van der Waals surface area contributed by atoms with Crippen LogP contribution in [0.1, 0.15) is 105 Å². The molecule has 0 spiro atoms. The standard InChI is InChI=1S/C28H48O2/c1-18(2)8-7-9-19(3)22-12-13-23-21-11-10-20-16-26(30-6)25(29)17-28(20,5)24(21)14-15-27(22,23)4/h18-24,26H,7-17H2,1-6H3. The lowest BCUT2D eigenvalue weighted by molar-refractivity contribution is -0.158. The van der Waals surface area contributed by atoms with Crippen LogP contribution in [0, 0.1) is 52.3 Å². The molecule has 0 heterocycles. The van der Waals surface area contributed by atoms with Crippen molar-refractivity contribution in [2.75, 3.05) is 7.11 Å². The summed E-state index contributed by atoms with van der Waals surface area (Å²) in [5.41, 5.74) is 0.784. The first-order valence-corrected chi connectivity index (χ1v) is 13.3. The van der Waals surface area contributed by atoms with Crippen LogP contribution in [0.5, 0.6) is 0 Å². The smallest absolute Gasteiger partial charge is 0.162 e. The quantitative estimate of drug-likeness (QED) is 0.454. The van der Waals surface area contributed by atoms with Crippen molar-refractivity contribution in [3.05, 3.63) is 0 Å². The number of carbonyl (C=O) groups is 1. The Labute approximate surface area is 186 Å². The zero-order valence-corrected chi connectivity index (χ0v) is 20.7. The number of fused-ring (bicyclic) bond motifs is 5. The van der Waals surface area contributed by atoms with Gasteiger partial charge in [-0.2, -0.15) is 0 Å². The van der Waals surface area contributed by atoms with Crippen LogP contribution in [0.15, 0.2) is 0 Å². The second-order valence-electron chi connectivity index (χ2n) is 12.8. The molecule has 4 saturated carbocycles.